The van der Waals surface area contributed by atoms with Crippen molar-refractivity contribution in [2.45, 2.75) is 24.7 Å². The van der Waals surface area contributed by atoms with Crippen molar-refractivity contribution in [3.8, 4) is 0 Å². The van der Waals surface area contributed by atoms with Crippen LogP contribution in [0, 0.1) is 0 Å². The summed E-state index contributed by atoms with van der Waals surface area (Å²) in [5.41, 5.74) is 0.886. The average Bonchev–Trinajstić information content (AvgIpc) is 3.39. The minimum absolute atomic E-state index is 0.00638. The van der Waals surface area contributed by atoms with E-state index in [1.807, 2.05) is 36.4 Å². The first-order chi connectivity index (χ1) is 18.5. The molecule has 2 aromatic heterocycles. The minimum atomic E-state index is -4.64. The number of nitrogens with zero attached hydrogens (tertiary/aromatic N) is 6. The zero-order valence-electron chi connectivity index (χ0n) is 20.6. The van der Waals surface area contributed by atoms with E-state index in [0.717, 1.165) is 56.8 Å². The maximum Gasteiger partial charge on any atom is 0.421 e. The molecule has 0 amide bonds. The van der Waals surface area contributed by atoms with E-state index in [4.69, 9.17) is 9.57 Å². The minimum Gasteiger partial charge on any atom is -0.378 e. The van der Waals surface area contributed by atoms with Crippen molar-refractivity contribution in [3.63, 3.8) is 0 Å². The molecule has 0 unspecified atom stereocenters. The van der Waals surface area contributed by atoms with Crippen molar-refractivity contribution in [2.75, 3.05) is 61.3 Å². The molecule has 1 atom stereocenters. The molecule has 6 rings (SSSR count). The van der Waals surface area contributed by atoms with Gasteiger partial charge in [-0.05, 0) is 17.7 Å². The van der Waals surface area contributed by atoms with Crippen LogP contribution in [0.4, 0.5) is 36.4 Å². The average molecular weight is 528 g/mol. The molecule has 0 saturated carbocycles. The van der Waals surface area contributed by atoms with Crippen molar-refractivity contribution in [3.05, 3.63) is 66.0 Å². The Morgan fingerprint density at radius 3 is 2.37 bits per heavy atom. The Balaban J connectivity index is 1.19. The molecule has 9 nitrogen and oxygen atoms in total. The molecule has 5 heterocycles. The van der Waals surface area contributed by atoms with Crippen LogP contribution in [0.2, 0.25) is 0 Å². The predicted molar refractivity (Wildman–Crippen MR) is 135 cm³/mol. The van der Waals surface area contributed by atoms with Crippen molar-refractivity contribution in [1.82, 2.24) is 19.9 Å². The molecule has 1 aromatic carbocycles. The summed E-state index contributed by atoms with van der Waals surface area (Å²) >= 11 is 0. The molecule has 0 radical (unpaired) electrons. The molecular weight excluding hydrogens is 499 g/mol. The van der Waals surface area contributed by atoms with Gasteiger partial charge >= 0.3 is 6.18 Å². The van der Waals surface area contributed by atoms with Crippen LogP contribution < -0.4 is 15.3 Å². The number of hydrogen-bond acceptors (Lipinski definition) is 9. The number of rotatable bonds is 6. The van der Waals surface area contributed by atoms with Crippen LogP contribution in [-0.2, 0) is 15.8 Å². The lowest BCUT2D eigenvalue weighted by Gasteiger charge is -2.43. The van der Waals surface area contributed by atoms with Gasteiger partial charge in [-0.1, -0.05) is 30.3 Å². The first kappa shape index (κ1) is 24.8. The Morgan fingerprint density at radius 1 is 0.921 bits per heavy atom. The lowest BCUT2D eigenvalue weighted by atomic mass is 10.0. The zero-order valence-corrected chi connectivity index (χ0v) is 20.6. The Hall–Kier alpha value is -3.48. The number of halogens is 3. The number of hydroxylamine groups is 1. The number of nitrogens with one attached hydrogen (secondary N) is 1. The summed E-state index contributed by atoms with van der Waals surface area (Å²) in [6.07, 6.45) is -1.56. The van der Waals surface area contributed by atoms with Crippen molar-refractivity contribution < 1.29 is 22.7 Å². The lowest BCUT2D eigenvalue weighted by Crippen LogP contribution is -2.56. The summed E-state index contributed by atoms with van der Waals surface area (Å²) in [6.45, 7) is 5.65. The van der Waals surface area contributed by atoms with Crippen LogP contribution in [0.25, 0.3) is 0 Å². The Labute approximate surface area is 218 Å². The number of aromatic nitrogens is 3. The van der Waals surface area contributed by atoms with E-state index in [0.29, 0.717) is 18.3 Å². The van der Waals surface area contributed by atoms with Crippen LogP contribution in [-0.4, -0.2) is 71.9 Å². The molecule has 0 aliphatic carbocycles. The highest BCUT2D eigenvalue weighted by atomic mass is 19.4. The first-order valence-corrected chi connectivity index (χ1v) is 12.7. The van der Waals surface area contributed by atoms with Gasteiger partial charge in [0.1, 0.15) is 11.4 Å². The topological polar surface area (TPSA) is 78.9 Å². The quantitative estimate of drug-likeness (QED) is 0.511. The third-order valence-electron chi connectivity index (χ3n) is 7.18. The molecule has 3 aromatic rings. The second kappa shape index (κ2) is 10.4. The first-order valence-electron chi connectivity index (χ1n) is 12.7. The molecule has 3 aliphatic rings. The fraction of sp³-hybridized carbons (Fsp3) is 0.423. The summed E-state index contributed by atoms with van der Waals surface area (Å²) in [4.78, 5) is 23.0. The van der Waals surface area contributed by atoms with E-state index in [2.05, 4.69) is 30.1 Å². The van der Waals surface area contributed by atoms with Crippen molar-refractivity contribution in [1.29, 1.82) is 0 Å². The van der Waals surface area contributed by atoms with Crippen molar-refractivity contribution >= 4 is 23.3 Å². The summed E-state index contributed by atoms with van der Waals surface area (Å²) in [5, 5.41) is 4.19. The van der Waals surface area contributed by atoms with E-state index in [1.54, 1.807) is 12.3 Å². The number of ether oxygens (including phenoxy) is 1. The largest absolute Gasteiger partial charge is 0.421 e. The van der Waals surface area contributed by atoms with E-state index >= 15 is 0 Å². The highest BCUT2D eigenvalue weighted by Gasteiger charge is 2.40. The number of hydrogen-bond donors (Lipinski definition) is 1. The Morgan fingerprint density at radius 2 is 1.71 bits per heavy atom. The molecule has 200 valence electrons. The maximum atomic E-state index is 13.9. The predicted octanol–water partition coefficient (Wildman–Crippen LogP) is 4.04. The number of anilines is 4. The number of benzene rings is 1. The number of pyridine rings is 1. The smallest absolute Gasteiger partial charge is 0.378 e. The second-order valence-corrected chi connectivity index (χ2v) is 9.54. The fourth-order valence-corrected chi connectivity index (χ4v) is 5.00. The van der Waals surface area contributed by atoms with E-state index in [9.17, 15) is 13.2 Å². The van der Waals surface area contributed by atoms with Gasteiger partial charge < -0.3 is 15.0 Å². The van der Waals surface area contributed by atoms with Crippen LogP contribution in [0.5, 0.6) is 0 Å². The van der Waals surface area contributed by atoms with E-state index < -0.39 is 17.8 Å². The molecule has 3 fully saturated rings. The summed E-state index contributed by atoms with van der Waals surface area (Å²) in [5.74, 6) is 0.117. The molecule has 0 spiro atoms. The third-order valence-corrected chi connectivity index (χ3v) is 7.18. The highest BCUT2D eigenvalue weighted by molar-refractivity contribution is 5.57. The summed E-state index contributed by atoms with van der Waals surface area (Å²) in [7, 11) is 0. The fourth-order valence-electron chi connectivity index (χ4n) is 5.00. The van der Waals surface area contributed by atoms with Gasteiger partial charge in [-0.2, -0.15) is 18.2 Å². The lowest BCUT2D eigenvalue weighted by molar-refractivity contribution is -0.138. The van der Waals surface area contributed by atoms with Gasteiger partial charge in [0, 0.05) is 38.8 Å². The van der Waals surface area contributed by atoms with Crippen LogP contribution in [0.3, 0.4) is 0 Å². The molecule has 3 saturated heterocycles. The number of piperazine rings is 1. The molecule has 12 heteroatoms. The van der Waals surface area contributed by atoms with Gasteiger partial charge in [0.2, 0.25) is 5.95 Å². The highest BCUT2D eigenvalue weighted by Crippen LogP contribution is 2.41. The summed E-state index contributed by atoms with van der Waals surface area (Å²) < 4.78 is 47.0. The molecule has 0 bridgehead atoms. The normalized spacial score (nSPS) is 21.0. The summed E-state index contributed by atoms with van der Waals surface area (Å²) in [6, 6.07) is 13.2. The Bertz CT molecular complexity index is 1230. The van der Waals surface area contributed by atoms with Crippen LogP contribution in [0.1, 0.15) is 23.6 Å². The van der Waals surface area contributed by atoms with Gasteiger partial charge in [0.15, 0.2) is 5.82 Å². The van der Waals surface area contributed by atoms with Gasteiger partial charge in [0.25, 0.3) is 0 Å². The third kappa shape index (κ3) is 5.11. The SMILES string of the molecule is FC(F)(F)c1cnc(Nc2ccc(N3CCN(C4COC4)CC3)cn2)nc1N1OCC[C@H]1c1ccccc1. The number of alkyl halides is 3. The molecular formula is C26H28F3N7O2. The van der Waals surface area contributed by atoms with Crippen LogP contribution in [0.15, 0.2) is 54.9 Å². The van der Waals surface area contributed by atoms with E-state index in [1.165, 1.54) is 5.06 Å². The van der Waals surface area contributed by atoms with Crippen molar-refractivity contribution in [2.24, 2.45) is 0 Å². The standard InChI is InChI=1S/C26H28F3N7O2/c27-26(28,29)21-15-31-25(33-24(21)36-22(8-13-38-36)18-4-2-1-3-5-18)32-23-7-6-19(14-30-23)34-9-11-35(12-10-34)20-16-37-17-20/h1-7,14-15,20,22H,8-13,16-17H2,(H,30,31,32,33)/t22-/m0/s1. The monoisotopic (exact) mass is 527 g/mol. The molecule has 38 heavy (non-hydrogen) atoms. The zero-order chi connectivity index (χ0) is 26.1. The van der Waals surface area contributed by atoms with Gasteiger partial charge in [0.05, 0.1) is 43.8 Å². The molecule has 3 aliphatic heterocycles. The van der Waals surface area contributed by atoms with Gasteiger partial charge in [-0.3, -0.25) is 9.74 Å². The molecule has 1 N–H and O–H groups in total. The maximum absolute atomic E-state index is 13.9. The van der Waals surface area contributed by atoms with Gasteiger partial charge in [-0.25, -0.2) is 15.0 Å². The second-order valence-electron chi connectivity index (χ2n) is 9.54. The van der Waals surface area contributed by atoms with Crippen LogP contribution >= 0.6 is 0 Å². The Kier molecular flexibility index (Phi) is 6.76. The van der Waals surface area contributed by atoms with Gasteiger partial charge in [-0.15, -0.1) is 0 Å². The van der Waals surface area contributed by atoms with E-state index in [-0.39, 0.29) is 18.4 Å².